The van der Waals surface area contributed by atoms with Crippen molar-refractivity contribution in [1.29, 1.82) is 0 Å². The molecule has 1 aromatic rings. The lowest BCUT2D eigenvalue weighted by molar-refractivity contribution is -0.130. The molecule has 148 valence electrons. The minimum Gasteiger partial charge on any atom is -0.508 e. The van der Waals surface area contributed by atoms with Crippen LogP contribution in [0.25, 0.3) is 0 Å². The van der Waals surface area contributed by atoms with Gasteiger partial charge in [-0.1, -0.05) is 12.1 Å². The molecular formula is C22H32N2O3. The maximum Gasteiger partial charge on any atom is 0.226 e. The van der Waals surface area contributed by atoms with Gasteiger partial charge in [-0.15, -0.1) is 0 Å². The van der Waals surface area contributed by atoms with Crippen LogP contribution in [0.3, 0.4) is 0 Å². The fourth-order valence-corrected chi connectivity index (χ4v) is 5.26. The molecule has 3 aliphatic heterocycles. The predicted molar refractivity (Wildman–Crippen MR) is 105 cm³/mol. The summed E-state index contributed by atoms with van der Waals surface area (Å²) in [5.74, 6) is 0.409. The van der Waals surface area contributed by atoms with Crippen LogP contribution >= 0.6 is 0 Å². The normalized spacial score (nSPS) is 29.3. The maximum atomic E-state index is 12.8. The van der Waals surface area contributed by atoms with Gasteiger partial charge in [0.15, 0.2) is 0 Å². The van der Waals surface area contributed by atoms with Crippen LogP contribution in [0.1, 0.15) is 50.5 Å². The van der Waals surface area contributed by atoms with E-state index in [1.165, 1.54) is 38.6 Å². The topological polar surface area (TPSA) is 53.0 Å². The molecule has 4 rings (SSSR count). The van der Waals surface area contributed by atoms with E-state index in [0.29, 0.717) is 12.5 Å². The Morgan fingerprint density at radius 3 is 2.78 bits per heavy atom. The molecule has 0 radical (unpaired) electrons. The molecule has 3 saturated heterocycles. The fraction of sp³-hybridized carbons (Fsp3) is 0.682. The van der Waals surface area contributed by atoms with E-state index in [1.807, 2.05) is 11.0 Å². The summed E-state index contributed by atoms with van der Waals surface area (Å²) in [7, 11) is 0. The van der Waals surface area contributed by atoms with Gasteiger partial charge >= 0.3 is 0 Å². The number of amides is 1. The number of carbonyl (C=O) groups excluding carboxylic acids is 1. The molecule has 0 saturated carbocycles. The van der Waals surface area contributed by atoms with Crippen molar-refractivity contribution in [2.24, 2.45) is 0 Å². The predicted octanol–water partition coefficient (Wildman–Crippen LogP) is 2.96. The van der Waals surface area contributed by atoms with E-state index < -0.39 is 0 Å². The molecule has 0 aromatic heterocycles. The summed E-state index contributed by atoms with van der Waals surface area (Å²) in [5.41, 5.74) is 1.16. The summed E-state index contributed by atoms with van der Waals surface area (Å²) in [6.07, 6.45) is 9.05. The lowest BCUT2D eigenvalue weighted by atomic mass is 9.87. The number of hydrogen-bond acceptors (Lipinski definition) is 4. The molecule has 1 amide bonds. The Morgan fingerprint density at radius 1 is 1.15 bits per heavy atom. The molecule has 3 fully saturated rings. The number of carbonyl (C=O) groups is 1. The first kappa shape index (κ1) is 18.8. The molecule has 0 unspecified atom stereocenters. The third-order valence-corrected chi connectivity index (χ3v) is 6.72. The van der Waals surface area contributed by atoms with Gasteiger partial charge in [-0.25, -0.2) is 0 Å². The monoisotopic (exact) mass is 372 g/mol. The van der Waals surface area contributed by atoms with Gasteiger partial charge in [0.25, 0.3) is 0 Å². The van der Waals surface area contributed by atoms with E-state index in [0.717, 1.165) is 44.6 Å². The van der Waals surface area contributed by atoms with Crippen molar-refractivity contribution < 1.29 is 14.6 Å². The highest BCUT2D eigenvalue weighted by Gasteiger charge is 2.43. The van der Waals surface area contributed by atoms with E-state index in [4.69, 9.17) is 4.74 Å². The van der Waals surface area contributed by atoms with Crippen LogP contribution in [0.4, 0.5) is 0 Å². The smallest absolute Gasteiger partial charge is 0.226 e. The van der Waals surface area contributed by atoms with Gasteiger partial charge < -0.3 is 14.7 Å². The molecule has 1 aromatic carbocycles. The first-order valence-corrected chi connectivity index (χ1v) is 10.6. The van der Waals surface area contributed by atoms with Crippen LogP contribution in [0.15, 0.2) is 24.3 Å². The van der Waals surface area contributed by atoms with Crippen molar-refractivity contribution in [2.75, 3.05) is 32.8 Å². The third kappa shape index (κ3) is 4.30. The molecule has 1 N–H and O–H groups in total. The minimum atomic E-state index is 0.182. The average molecular weight is 373 g/mol. The molecule has 0 bridgehead atoms. The minimum absolute atomic E-state index is 0.182. The van der Waals surface area contributed by atoms with E-state index in [1.54, 1.807) is 18.2 Å². The summed E-state index contributed by atoms with van der Waals surface area (Å²) in [6, 6.07) is 7.05. The SMILES string of the molecule is O=C(Cc1cccc(O)c1)N1CCC[C@]2(CCCN2C[C@H]2CCCO2)CC1. The molecule has 2 atom stereocenters. The Kier molecular flexibility index (Phi) is 5.69. The summed E-state index contributed by atoms with van der Waals surface area (Å²) in [5, 5.41) is 9.63. The first-order valence-electron chi connectivity index (χ1n) is 10.6. The zero-order chi connectivity index (χ0) is 18.7. The number of phenolic OH excluding ortho intramolecular Hbond substituents is 1. The quantitative estimate of drug-likeness (QED) is 0.883. The van der Waals surface area contributed by atoms with E-state index in [2.05, 4.69) is 4.90 Å². The molecule has 5 nitrogen and oxygen atoms in total. The fourth-order valence-electron chi connectivity index (χ4n) is 5.26. The summed E-state index contributed by atoms with van der Waals surface area (Å²) >= 11 is 0. The van der Waals surface area contributed by atoms with Crippen molar-refractivity contribution in [1.82, 2.24) is 9.80 Å². The van der Waals surface area contributed by atoms with Gasteiger partial charge in [0.05, 0.1) is 12.5 Å². The second kappa shape index (κ2) is 8.19. The van der Waals surface area contributed by atoms with Gasteiger partial charge in [-0.3, -0.25) is 9.69 Å². The summed E-state index contributed by atoms with van der Waals surface area (Å²) < 4.78 is 5.89. The van der Waals surface area contributed by atoms with Crippen LogP contribution in [0.5, 0.6) is 5.75 Å². The largest absolute Gasteiger partial charge is 0.508 e. The maximum absolute atomic E-state index is 12.8. The highest BCUT2D eigenvalue weighted by Crippen LogP contribution is 2.39. The Bertz CT molecular complexity index is 659. The second-order valence-electron chi connectivity index (χ2n) is 8.49. The highest BCUT2D eigenvalue weighted by atomic mass is 16.5. The first-order chi connectivity index (χ1) is 13.1. The zero-order valence-electron chi connectivity index (χ0n) is 16.2. The van der Waals surface area contributed by atoms with Crippen LogP contribution in [0.2, 0.25) is 0 Å². The molecule has 5 heteroatoms. The van der Waals surface area contributed by atoms with E-state index in [9.17, 15) is 9.90 Å². The molecule has 0 aliphatic carbocycles. The molecule has 3 aliphatic rings. The van der Waals surface area contributed by atoms with Gasteiger partial charge in [-0.05, 0) is 69.2 Å². The number of aromatic hydroxyl groups is 1. The van der Waals surface area contributed by atoms with Crippen LogP contribution in [-0.2, 0) is 16.0 Å². The van der Waals surface area contributed by atoms with Crippen molar-refractivity contribution in [2.45, 2.75) is 63.0 Å². The standard InChI is InChI=1S/C22H32N2O3/c25-19-6-1-5-18(15-19)16-21(26)23-11-3-8-22(10-13-23)9-4-12-24(22)17-20-7-2-14-27-20/h1,5-6,15,20,25H,2-4,7-14,16-17H2/t20-,22+/m1/s1. The number of nitrogens with zero attached hydrogens (tertiary/aromatic N) is 2. The second-order valence-corrected chi connectivity index (χ2v) is 8.49. The molecule has 1 spiro atoms. The third-order valence-electron chi connectivity index (χ3n) is 6.72. The van der Waals surface area contributed by atoms with Crippen molar-refractivity contribution in [3.63, 3.8) is 0 Å². The van der Waals surface area contributed by atoms with Crippen LogP contribution in [0, 0.1) is 0 Å². The van der Waals surface area contributed by atoms with Gasteiger partial charge in [0.1, 0.15) is 5.75 Å². The zero-order valence-corrected chi connectivity index (χ0v) is 16.2. The Labute approximate surface area is 162 Å². The summed E-state index contributed by atoms with van der Waals surface area (Å²) in [6.45, 7) is 4.87. The van der Waals surface area contributed by atoms with Crippen molar-refractivity contribution >= 4 is 5.91 Å². The van der Waals surface area contributed by atoms with Crippen LogP contribution in [-0.4, -0.2) is 65.2 Å². The number of likely N-dealkylation sites (tertiary alicyclic amines) is 2. The Hall–Kier alpha value is -1.59. The molecular weight excluding hydrogens is 340 g/mol. The van der Waals surface area contributed by atoms with Gasteiger partial charge in [0, 0.05) is 31.8 Å². The number of phenols is 1. The number of benzene rings is 1. The number of ether oxygens (including phenoxy) is 1. The van der Waals surface area contributed by atoms with E-state index in [-0.39, 0.29) is 17.2 Å². The Morgan fingerprint density at radius 2 is 2.00 bits per heavy atom. The van der Waals surface area contributed by atoms with Gasteiger partial charge in [0.2, 0.25) is 5.91 Å². The molecule has 27 heavy (non-hydrogen) atoms. The number of rotatable bonds is 4. The summed E-state index contributed by atoms with van der Waals surface area (Å²) in [4.78, 5) is 17.5. The van der Waals surface area contributed by atoms with Gasteiger partial charge in [-0.2, -0.15) is 0 Å². The lowest BCUT2D eigenvalue weighted by Crippen LogP contribution is -2.47. The highest BCUT2D eigenvalue weighted by molar-refractivity contribution is 5.79. The average Bonchev–Trinajstić information content (AvgIpc) is 3.23. The van der Waals surface area contributed by atoms with Crippen LogP contribution < -0.4 is 0 Å². The van der Waals surface area contributed by atoms with Crippen molar-refractivity contribution in [3.8, 4) is 5.75 Å². The van der Waals surface area contributed by atoms with E-state index >= 15 is 0 Å². The Balaban J connectivity index is 1.37. The number of hydrogen-bond donors (Lipinski definition) is 1. The molecule has 3 heterocycles. The lowest BCUT2D eigenvalue weighted by Gasteiger charge is -2.39. The van der Waals surface area contributed by atoms with Crippen molar-refractivity contribution in [3.05, 3.63) is 29.8 Å².